The van der Waals surface area contributed by atoms with Crippen LogP contribution in [0.4, 0.5) is 0 Å². The lowest BCUT2D eigenvalue weighted by atomic mass is 10.0. The van der Waals surface area contributed by atoms with E-state index in [2.05, 4.69) is 29.3 Å². The van der Waals surface area contributed by atoms with Crippen LogP contribution in [0.2, 0.25) is 0 Å². The first-order valence-electron chi connectivity index (χ1n) is 5.40. The normalized spacial score (nSPS) is 10.8. The Labute approximate surface area is 105 Å². The SMILES string of the molecule is Cc1cc(C)c(-n2c(CO)n[nH]c2=S)c(C)c1. The molecule has 0 amide bonds. The summed E-state index contributed by atoms with van der Waals surface area (Å²) in [4.78, 5) is 0. The summed E-state index contributed by atoms with van der Waals surface area (Å²) in [5, 5.41) is 16.0. The van der Waals surface area contributed by atoms with E-state index in [0.717, 1.165) is 16.8 Å². The molecule has 2 aromatic rings. The highest BCUT2D eigenvalue weighted by molar-refractivity contribution is 7.71. The van der Waals surface area contributed by atoms with Crippen LogP contribution in [0.15, 0.2) is 12.1 Å². The van der Waals surface area contributed by atoms with Crippen molar-refractivity contribution < 1.29 is 5.11 Å². The minimum Gasteiger partial charge on any atom is -0.388 e. The van der Waals surface area contributed by atoms with Crippen molar-refractivity contribution in [2.75, 3.05) is 0 Å². The van der Waals surface area contributed by atoms with Gasteiger partial charge in [0.2, 0.25) is 0 Å². The fraction of sp³-hybridized carbons (Fsp3) is 0.333. The van der Waals surface area contributed by atoms with Crippen LogP contribution < -0.4 is 0 Å². The van der Waals surface area contributed by atoms with Gasteiger partial charge in [-0.3, -0.25) is 9.67 Å². The fourth-order valence-corrected chi connectivity index (χ4v) is 2.43. The maximum absolute atomic E-state index is 9.28. The molecular formula is C12H15N3OS. The molecule has 0 bridgehead atoms. The Morgan fingerprint density at radius 2 is 1.88 bits per heavy atom. The predicted octanol–water partition coefficient (Wildman–Crippen LogP) is 2.35. The molecule has 0 unspecified atom stereocenters. The van der Waals surface area contributed by atoms with Crippen LogP contribution >= 0.6 is 12.2 Å². The third kappa shape index (κ3) is 2.03. The summed E-state index contributed by atoms with van der Waals surface area (Å²) >= 11 is 5.21. The van der Waals surface area contributed by atoms with Gasteiger partial charge >= 0.3 is 0 Å². The molecule has 0 saturated carbocycles. The summed E-state index contributed by atoms with van der Waals surface area (Å²) in [6.07, 6.45) is 0. The molecule has 2 rings (SSSR count). The van der Waals surface area contributed by atoms with Crippen molar-refractivity contribution in [3.63, 3.8) is 0 Å². The van der Waals surface area contributed by atoms with Gasteiger partial charge < -0.3 is 5.11 Å². The van der Waals surface area contributed by atoms with Gasteiger partial charge in [0.1, 0.15) is 6.61 Å². The lowest BCUT2D eigenvalue weighted by Crippen LogP contribution is -2.05. The number of hydrogen-bond acceptors (Lipinski definition) is 3. The highest BCUT2D eigenvalue weighted by atomic mass is 32.1. The average molecular weight is 249 g/mol. The molecule has 17 heavy (non-hydrogen) atoms. The quantitative estimate of drug-likeness (QED) is 0.803. The van der Waals surface area contributed by atoms with E-state index in [-0.39, 0.29) is 6.61 Å². The van der Waals surface area contributed by atoms with Gasteiger partial charge in [-0.1, -0.05) is 17.7 Å². The van der Waals surface area contributed by atoms with Crippen LogP contribution in [0.3, 0.4) is 0 Å². The lowest BCUT2D eigenvalue weighted by Gasteiger charge is -2.13. The number of aliphatic hydroxyl groups is 1. The second kappa shape index (κ2) is 4.43. The van der Waals surface area contributed by atoms with Gasteiger partial charge in [0.15, 0.2) is 10.6 Å². The second-order valence-electron chi connectivity index (χ2n) is 4.19. The molecule has 0 spiro atoms. The fourth-order valence-electron chi connectivity index (χ4n) is 2.19. The molecule has 5 heteroatoms. The Balaban J connectivity index is 2.77. The van der Waals surface area contributed by atoms with Crippen molar-refractivity contribution in [3.05, 3.63) is 39.4 Å². The Morgan fingerprint density at radius 3 is 2.41 bits per heavy atom. The Kier molecular flexibility index (Phi) is 3.13. The molecule has 0 aliphatic carbocycles. The molecule has 90 valence electrons. The van der Waals surface area contributed by atoms with E-state index in [1.165, 1.54) is 5.56 Å². The molecule has 0 radical (unpaired) electrons. The molecule has 0 aliphatic heterocycles. The van der Waals surface area contributed by atoms with E-state index in [9.17, 15) is 5.11 Å². The van der Waals surface area contributed by atoms with E-state index >= 15 is 0 Å². The first kappa shape index (κ1) is 12.0. The summed E-state index contributed by atoms with van der Waals surface area (Å²) in [5.74, 6) is 0.532. The van der Waals surface area contributed by atoms with Crippen molar-refractivity contribution in [2.24, 2.45) is 0 Å². The average Bonchev–Trinajstić information content (AvgIpc) is 2.59. The van der Waals surface area contributed by atoms with Gasteiger partial charge in [-0.2, -0.15) is 5.10 Å². The van der Waals surface area contributed by atoms with Gasteiger partial charge in [-0.25, -0.2) is 0 Å². The van der Waals surface area contributed by atoms with Crippen LogP contribution in [-0.2, 0) is 6.61 Å². The highest BCUT2D eigenvalue weighted by Crippen LogP contribution is 2.22. The largest absolute Gasteiger partial charge is 0.388 e. The number of benzene rings is 1. The minimum atomic E-state index is -0.139. The zero-order chi connectivity index (χ0) is 12.6. The maximum atomic E-state index is 9.28. The molecule has 0 fully saturated rings. The third-order valence-corrected chi connectivity index (χ3v) is 3.02. The zero-order valence-corrected chi connectivity index (χ0v) is 10.9. The highest BCUT2D eigenvalue weighted by Gasteiger charge is 2.12. The number of hydrogen-bond donors (Lipinski definition) is 2. The van der Waals surface area contributed by atoms with Gasteiger partial charge in [0.25, 0.3) is 0 Å². The van der Waals surface area contributed by atoms with E-state index < -0.39 is 0 Å². The number of aliphatic hydroxyl groups excluding tert-OH is 1. The Morgan fingerprint density at radius 1 is 1.29 bits per heavy atom. The molecule has 1 aromatic carbocycles. The predicted molar refractivity (Wildman–Crippen MR) is 68.9 cm³/mol. The molecule has 1 aromatic heterocycles. The first-order chi connectivity index (χ1) is 8.04. The standard InChI is InChI=1S/C12H15N3OS/c1-7-4-8(2)11(9(3)5-7)15-10(6-16)13-14-12(15)17/h4-5,16H,6H2,1-3H3,(H,14,17). The molecule has 0 aliphatic rings. The van der Waals surface area contributed by atoms with Crippen LogP contribution in [-0.4, -0.2) is 19.9 Å². The van der Waals surface area contributed by atoms with Crippen LogP contribution in [0, 0.1) is 25.5 Å². The van der Waals surface area contributed by atoms with E-state index in [1.807, 2.05) is 13.8 Å². The lowest BCUT2D eigenvalue weighted by molar-refractivity contribution is 0.268. The second-order valence-corrected chi connectivity index (χ2v) is 4.57. The van der Waals surface area contributed by atoms with Crippen molar-refractivity contribution in [3.8, 4) is 5.69 Å². The summed E-state index contributed by atoms with van der Waals surface area (Å²) < 4.78 is 2.29. The van der Waals surface area contributed by atoms with Crippen LogP contribution in [0.25, 0.3) is 5.69 Å². The number of H-pyrrole nitrogens is 1. The summed E-state index contributed by atoms with van der Waals surface area (Å²) in [6.45, 7) is 5.99. The summed E-state index contributed by atoms with van der Waals surface area (Å²) in [6, 6.07) is 4.19. The molecule has 2 N–H and O–H groups in total. The number of nitrogens with one attached hydrogen (secondary N) is 1. The zero-order valence-electron chi connectivity index (χ0n) is 10.1. The number of aryl methyl sites for hydroxylation is 3. The van der Waals surface area contributed by atoms with Crippen molar-refractivity contribution in [1.29, 1.82) is 0 Å². The van der Waals surface area contributed by atoms with E-state index in [1.54, 1.807) is 4.57 Å². The third-order valence-electron chi connectivity index (χ3n) is 2.74. The van der Waals surface area contributed by atoms with Crippen molar-refractivity contribution in [2.45, 2.75) is 27.4 Å². The first-order valence-corrected chi connectivity index (χ1v) is 5.80. The molecule has 4 nitrogen and oxygen atoms in total. The number of nitrogens with zero attached hydrogens (tertiary/aromatic N) is 2. The molecular weight excluding hydrogens is 234 g/mol. The number of aromatic amines is 1. The maximum Gasteiger partial charge on any atom is 0.199 e. The Hall–Kier alpha value is -1.46. The Bertz CT molecular complexity index is 589. The van der Waals surface area contributed by atoms with Crippen LogP contribution in [0.5, 0.6) is 0 Å². The topological polar surface area (TPSA) is 53.8 Å². The van der Waals surface area contributed by atoms with Gasteiger partial charge in [0, 0.05) is 0 Å². The molecule has 1 heterocycles. The smallest absolute Gasteiger partial charge is 0.199 e. The van der Waals surface area contributed by atoms with E-state index in [0.29, 0.717) is 10.6 Å². The summed E-state index contributed by atoms with van der Waals surface area (Å²) in [7, 11) is 0. The van der Waals surface area contributed by atoms with Gasteiger partial charge in [-0.05, 0) is 44.1 Å². The summed E-state index contributed by atoms with van der Waals surface area (Å²) in [5.41, 5.74) is 4.45. The molecule has 0 saturated heterocycles. The van der Waals surface area contributed by atoms with Crippen molar-refractivity contribution >= 4 is 12.2 Å². The van der Waals surface area contributed by atoms with Gasteiger partial charge in [0.05, 0.1) is 5.69 Å². The minimum absolute atomic E-state index is 0.139. The van der Waals surface area contributed by atoms with Crippen molar-refractivity contribution in [1.82, 2.24) is 14.8 Å². The van der Waals surface area contributed by atoms with Crippen LogP contribution in [0.1, 0.15) is 22.5 Å². The molecule has 0 atom stereocenters. The number of rotatable bonds is 2. The van der Waals surface area contributed by atoms with E-state index in [4.69, 9.17) is 12.2 Å². The number of aromatic nitrogens is 3. The van der Waals surface area contributed by atoms with Gasteiger partial charge in [-0.15, -0.1) is 0 Å². The monoisotopic (exact) mass is 249 g/mol.